The van der Waals surface area contributed by atoms with Crippen LogP contribution in [-0.4, -0.2) is 173 Å². The van der Waals surface area contributed by atoms with E-state index in [1.165, 1.54) is 7.05 Å². The number of piperidine rings is 3. The molecule has 0 aromatic heterocycles. The van der Waals surface area contributed by atoms with E-state index in [0.29, 0.717) is 6.54 Å². The number of amides is 5. The fourth-order valence-electron chi connectivity index (χ4n) is 11.3. The number of benzene rings is 8. The highest BCUT2D eigenvalue weighted by Crippen LogP contribution is 2.31. The summed E-state index contributed by atoms with van der Waals surface area (Å²) in [4.78, 5) is 78.2. The monoisotopic (exact) mass is 1360 g/mol. The molecule has 526 valence electrons. The number of hydrogen-bond donors (Lipinski definition) is 6. The Labute approximate surface area is 586 Å². The largest absolute Gasteiger partial charge is 0.480 e. The maximum absolute atomic E-state index is 12.6. The number of aliphatic carboxylic acids is 1. The standard InChI is InChI=1S/C29H33N3O4.C21H27N3O2.C18H20N2O2.C11H13NO4/c1-31(29(34)35-22-23-10-4-2-5-11-23)20-21-32-18-16-25(17-19-32)36-28(33)30-27-15-9-8-14-26(27)24-12-6-3-7-13-24;1-22-13-16-24-14-11-18(12-15-24)26-21(25)23-20-10-6-5-9-19(20)17-7-3-2-4-8-17;21-18(22-15-10-12-19-13-11-15)20-17-9-5-4-8-16(17)14-6-2-1-3-7-14;1-12(7-10(13)14)11(15)16-8-9-5-3-2-4-6-9/h2-15,25H,16-22H2,1H3,(H,30,33);2-10,18,22H,11-16H2,1H3,(H,23,25);1-9,15,19H,10-13H2,(H,20,21);2-6H,7-8H2,1H3,(H,13,14). The molecule has 3 fully saturated rings. The zero-order valence-electron chi connectivity index (χ0n) is 57.3. The lowest BCUT2D eigenvalue weighted by Gasteiger charge is -2.32. The number of likely N-dealkylation sites (N-methyl/N-ethyl adjacent to an activating group) is 3. The molecule has 3 heterocycles. The molecule has 8 aromatic carbocycles. The molecule has 3 saturated heterocycles. The number of nitrogens with zero attached hydrogens (tertiary/aromatic N) is 4. The molecule has 21 nitrogen and oxygen atoms in total. The highest BCUT2D eigenvalue weighted by Gasteiger charge is 2.26. The maximum Gasteiger partial charge on any atom is 0.411 e. The lowest BCUT2D eigenvalue weighted by Crippen LogP contribution is -2.42. The van der Waals surface area contributed by atoms with Crippen molar-refractivity contribution >= 4 is 53.5 Å². The van der Waals surface area contributed by atoms with Crippen molar-refractivity contribution in [3.8, 4) is 33.4 Å². The van der Waals surface area contributed by atoms with Crippen LogP contribution in [0.3, 0.4) is 0 Å². The second kappa shape index (κ2) is 41.6. The number of para-hydroxylation sites is 3. The van der Waals surface area contributed by atoms with E-state index >= 15 is 0 Å². The molecule has 21 heteroatoms. The van der Waals surface area contributed by atoms with Gasteiger partial charge in [0.05, 0.1) is 17.1 Å². The molecule has 3 aliphatic rings. The maximum atomic E-state index is 12.6. The van der Waals surface area contributed by atoms with Gasteiger partial charge in [-0.25, -0.2) is 24.0 Å². The van der Waals surface area contributed by atoms with Gasteiger partial charge in [0.2, 0.25) is 0 Å². The molecule has 6 N–H and O–H groups in total. The molecule has 5 amide bonds. The second-order valence-corrected chi connectivity index (χ2v) is 24.2. The van der Waals surface area contributed by atoms with Crippen LogP contribution in [0.25, 0.3) is 33.4 Å². The van der Waals surface area contributed by atoms with Crippen LogP contribution >= 0.6 is 0 Å². The van der Waals surface area contributed by atoms with Crippen molar-refractivity contribution in [1.29, 1.82) is 0 Å². The van der Waals surface area contributed by atoms with E-state index in [9.17, 15) is 28.8 Å². The minimum absolute atomic E-state index is 0.00476. The molecule has 0 saturated carbocycles. The number of carbonyl (C=O) groups excluding carboxylic acids is 5. The molecule has 8 aromatic rings. The number of anilines is 3. The van der Waals surface area contributed by atoms with Crippen LogP contribution < -0.4 is 26.6 Å². The summed E-state index contributed by atoms with van der Waals surface area (Å²) < 4.78 is 27.1. The minimum Gasteiger partial charge on any atom is -0.480 e. The SMILES string of the molecule is CN(CC(=O)O)C(=O)OCc1ccccc1.CN(CCN1CCC(OC(=O)Nc2ccccc2-c2ccccc2)CC1)C(=O)OCc1ccccc1.CNCCN1CCC(OC(=O)Nc2ccccc2-c2ccccc2)CC1.O=C(Nc1ccccc1-c1ccccc1)OC1CCNCC1. The summed E-state index contributed by atoms with van der Waals surface area (Å²) >= 11 is 0. The van der Waals surface area contributed by atoms with Gasteiger partial charge < -0.3 is 59.0 Å². The Kier molecular flexibility index (Phi) is 31.3. The lowest BCUT2D eigenvalue weighted by molar-refractivity contribution is -0.137. The molecule has 0 spiro atoms. The van der Waals surface area contributed by atoms with Crippen molar-refractivity contribution < 1.29 is 57.6 Å². The molecular weight excluding hydrogens is 1270 g/mol. The Morgan fingerprint density at radius 1 is 0.430 bits per heavy atom. The highest BCUT2D eigenvalue weighted by molar-refractivity contribution is 5.93. The molecule has 11 rings (SSSR count). The summed E-state index contributed by atoms with van der Waals surface area (Å²) in [6, 6.07) is 72.1. The first-order valence-corrected chi connectivity index (χ1v) is 34.0. The van der Waals surface area contributed by atoms with Gasteiger partial charge in [0.1, 0.15) is 38.1 Å². The summed E-state index contributed by atoms with van der Waals surface area (Å²) in [6.07, 6.45) is 2.74. The van der Waals surface area contributed by atoms with E-state index in [1.54, 1.807) is 11.9 Å². The summed E-state index contributed by atoms with van der Waals surface area (Å²) in [6.45, 7) is 8.77. The van der Waals surface area contributed by atoms with Crippen LogP contribution in [0, 0.1) is 0 Å². The van der Waals surface area contributed by atoms with Crippen LogP contribution in [0.2, 0.25) is 0 Å². The number of hydrogen-bond acceptors (Lipinski definition) is 15. The van der Waals surface area contributed by atoms with Gasteiger partial charge in [-0.1, -0.05) is 206 Å². The Morgan fingerprint density at radius 2 is 0.750 bits per heavy atom. The number of carbonyl (C=O) groups is 6. The Morgan fingerprint density at radius 3 is 1.11 bits per heavy atom. The summed E-state index contributed by atoms with van der Waals surface area (Å²) in [5.41, 5.74) is 10.2. The van der Waals surface area contributed by atoms with Crippen molar-refractivity contribution in [3.63, 3.8) is 0 Å². The third kappa shape index (κ3) is 26.3. The van der Waals surface area contributed by atoms with Crippen molar-refractivity contribution in [3.05, 3.63) is 236 Å². The van der Waals surface area contributed by atoms with Crippen molar-refractivity contribution in [1.82, 2.24) is 30.2 Å². The molecular formula is C79H93N9O12. The number of carboxylic acid groups (broad SMARTS) is 1. The first kappa shape index (κ1) is 75.2. The first-order chi connectivity index (χ1) is 48.8. The van der Waals surface area contributed by atoms with Crippen LogP contribution in [0.1, 0.15) is 49.7 Å². The molecule has 3 aliphatic heterocycles. The highest BCUT2D eigenvalue weighted by atomic mass is 16.6. The summed E-state index contributed by atoms with van der Waals surface area (Å²) in [5, 5.41) is 23.6. The normalized spacial score (nSPS) is 14.0. The topological polar surface area (TPSA) is 242 Å². The number of carboxylic acids is 1. The number of ether oxygens (including phenoxy) is 5. The third-order valence-electron chi connectivity index (χ3n) is 16.8. The van der Waals surface area contributed by atoms with Gasteiger partial charge in [-0.3, -0.25) is 20.7 Å². The molecule has 0 unspecified atom stereocenters. The molecule has 100 heavy (non-hydrogen) atoms. The van der Waals surface area contributed by atoms with Crippen molar-refractivity contribution in [2.75, 3.05) is 109 Å². The zero-order valence-corrected chi connectivity index (χ0v) is 57.3. The minimum atomic E-state index is -1.07. The quantitative estimate of drug-likeness (QED) is 0.0367. The van der Waals surface area contributed by atoms with Crippen molar-refractivity contribution in [2.24, 2.45) is 0 Å². The van der Waals surface area contributed by atoms with Crippen LogP contribution in [0.4, 0.5) is 41.0 Å². The molecule has 0 aliphatic carbocycles. The van der Waals surface area contributed by atoms with Gasteiger partial charge in [0.15, 0.2) is 0 Å². The van der Waals surface area contributed by atoms with Gasteiger partial charge in [0, 0.05) is 83.1 Å². The fraction of sp³-hybridized carbons (Fsp3) is 0.316. The lowest BCUT2D eigenvalue weighted by atomic mass is 10.0. The van der Waals surface area contributed by atoms with E-state index in [4.69, 9.17) is 28.8 Å². The predicted molar refractivity (Wildman–Crippen MR) is 391 cm³/mol. The number of nitrogens with one attached hydrogen (secondary N) is 5. The Hall–Kier alpha value is -10.6. The molecule has 0 bridgehead atoms. The van der Waals surface area contributed by atoms with Gasteiger partial charge in [0.25, 0.3) is 0 Å². The average Bonchev–Trinajstić information content (AvgIpc) is 0.857. The smallest absolute Gasteiger partial charge is 0.411 e. The average molecular weight is 1360 g/mol. The van der Waals surface area contributed by atoms with E-state index in [-0.39, 0.29) is 56.4 Å². The summed E-state index contributed by atoms with van der Waals surface area (Å²) in [7, 11) is 5.09. The fourth-order valence-corrected chi connectivity index (χ4v) is 11.3. The van der Waals surface area contributed by atoms with E-state index in [2.05, 4.69) is 36.4 Å². The van der Waals surface area contributed by atoms with E-state index in [1.807, 2.05) is 232 Å². The van der Waals surface area contributed by atoms with Gasteiger partial charge in [-0.2, -0.15) is 0 Å². The molecule has 0 atom stereocenters. The summed E-state index contributed by atoms with van der Waals surface area (Å²) in [5.74, 6) is -1.07. The molecule has 0 radical (unpaired) electrons. The second-order valence-electron chi connectivity index (χ2n) is 24.2. The third-order valence-corrected chi connectivity index (χ3v) is 16.8. The van der Waals surface area contributed by atoms with Crippen LogP contribution in [-0.2, 0) is 41.7 Å². The van der Waals surface area contributed by atoms with Crippen molar-refractivity contribution in [2.45, 2.75) is 70.1 Å². The van der Waals surface area contributed by atoms with E-state index in [0.717, 1.165) is 164 Å². The van der Waals surface area contributed by atoms with Gasteiger partial charge >= 0.3 is 36.4 Å². The van der Waals surface area contributed by atoms with Crippen LogP contribution in [0.15, 0.2) is 224 Å². The number of likely N-dealkylation sites (tertiary alicyclic amines) is 2. The Balaban J connectivity index is 0.000000177. The first-order valence-electron chi connectivity index (χ1n) is 34.0. The predicted octanol–water partition coefficient (Wildman–Crippen LogP) is 14.2. The van der Waals surface area contributed by atoms with Crippen LogP contribution in [0.5, 0.6) is 0 Å². The Bertz CT molecular complexity index is 3750. The van der Waals surface area contributed by atoms with Gasteiger partial charge in [-0.15, -0.1) is 0 Å². The number of rotatable bonds is 21. The van der Waals surface area contributed by atoms with Gasteiger partial charge in [-0.05, 0) is 105 Å². The van der Waals surface area contributed by atoms with E-state index < -0.39 is 18.2 Å². The zero-order chi connectivity index (χ0) is 70.5.